The van der Waals surface area contributed by atoms with Crippen molar-refractivity contribution in [3.63, 3.8) is 0 Å². The van der Waals surface area contributed by atoms with Gasteiger partial charge in [0.05, 0.1) is 23.0 Å². The summed E-state index contributed by atoms with van der Waals surface area (Å²) in [5, 5.41) is 0. The van der Waals surface area contributed by atoms with Crippen molar-refractivity contribution < 1.29 is 17.5 Å². The average molecular weight is 375 g/mol. The van der Waals surface area contributed by atoms with E-state index in [9.17, 15) is 12.8 Å². The number of nitrogen functional groups attached to an aromatic ring is 1. The summed E-state index contributed by atoms with van der Waals surface area (Å²) in [6.07, 6.45) is 0. The Bertz CT molecular complexity index is 781. The summed E-state index contributed by atoms with van der Waals surface area (Å²) in [4.78, 5) is -0.221. The number of rotatable bonds is 4. The second-order valence-corrected chi connectivity index (χ2v) is 6.62. The SMILES string of the molecule is COc1ccccc1NS(=O)(=O)c1cc(Br)c(F)cc1N. The number of sulfonamides is 1. The van der Waals surface area contributed by atoms with Crippen LogP contribution in [0.4, 0.5) is 15.8 Å². The second-order valence-electron chi connectivity index (χ2n) is 4.11. The van der Waals surface area contributed by atoms with Gasteiger partial charge in [0.25, 0.3) is 10.0 Å². The van der Waals surface area contributed by atoms with Crippen LogP contribution in [0.1, 0.15) is 0 Å². The molecule has 0 fully saturated rings. The van der Waals surface area contributed by atoms with Crippen molar-refractivity contribution in [3.8, 4) is 5.75 Å². The van der Waals surface area contributed by atoms with Crippen LogP contribution < -0.4 is 15.2 Å². The topological polar surface area (TPSA) is 81.4 Å². The minimum atomic E-state index is -3.97. The molecular formula is C13H12BrFN2O3S. The van der Waals surface area contributed by atoms with Gasteiger partial charge in [0.2, 0.25) is 0 Å². The summed E-state index contributed by atoms with van der Waals surface area (Å²) in [7, 11) is -2.54. The van der Waals surface area contributed by atoms with Gasteiger partial charge in [-0.15, -0.1) is 0 Å². The second kappa shape index (κ2) is 5.90. The molecule has 0 unspecified atom stereocenters. The number of nitrogens with two attached hydrogens (primary N) is 1. The number of halogens is 2. The van der Waals surface area contributed by atoms with Gasteiger partial charge in [-0.2, -0.15) is 0 Å². The fourth-order valence-corrected chi connectivity index (χ4v) is 3.41. The van der Waals surface area contributed by atoms with Crippen LogP contribution in [0.5, 0.6) is 5.75 Å². The molecule has 2 aromatic rings. The lowest BCUT2D eigenvalue weighted by atomic mass is 10.3. The molecule has 3 N–H and O–H groups in total. The average Bonchev–Trinajstić information content (AvgIpc) is 2.43. The van der Waals surface area contributed by atoms with Crippen molar-refractivity contribution in [2.75, 3.05) is 17.6 Å². The number of benzene rings is 2. The molecule has 5 nitrogen and oxygen atoms in total. The molecule has 0 aliphatic carbocycles. The molecule has 0 spiro atoms. The van der Waals surface area contributed by atoms with Crippen LogP contribution in [0.3, 0.4) is 0 Å². The van der Waals surface area contributed by atoms with Crippen LogP contribution in [0, 0.1) is 5.82 Å². The van der Waals surface area contributed by atoms with E-state index >= 15 is 0 Å². The Morgan fingerprint density at radius 3 is 2.62 bits per heavy atom. The molecule has 0 aliphatic rings. The molecule has 21 heavy (non-hydrogen) atoms. The number of hydrogen-bond acceptors (Lipinski definition) is 4. The van der Waals surface area contributed by atoms with Crippen molar-refractivity contribution in [3.05, 3.63) is 46.7 Å². The third-order valence-electron chi connectivity index (χ3n) is 2.69. The highest BCUT2D eigenvalue weighted by atomic mass is 79.9. The van der Waals surface area contributed by atoms with Gasteiger partial charge >= 0.3 is 0 Å². The lowest BCUT2D eigenvalue weighted by molar-refractivity contribution is 0.417. The highest BCUT2D eigenvalue weighted by Crippen LogP contribution is 2.30. The maximum absolute atomic E-state index is 13.3. The minimum absolute atomic E-state index is 0.0112. The Morgan fingerprint density at radius 2 is 1.95 bits per heavy atom. The van der Waals surface area contributed by atoms with E-state index in [1.165, 1.54) is 7.11 Å². The highest BCUT2D eigenvalue weighted by molar-refractivity contribution is 9.10. The first kappa shape index (κ1) is 15.6. The van der Waals surface area contributed by atoms with E-state index in [-0.39, 0.29) is 20.7 Å². The largest absolute Gasteiger partial charge is 0.495 e. The molecule has 0 radical (unpaired) electrons. The molecule has 0 aromatic heterocycles. The molecular weight excluding hydrogens is 363 g/mol. The van der Waals surface area contributed by atoms with Crippen LogP contribution in [0.15, 0.2) is 45.8 Å². The Kier molecular flexibility index (Phi) is 4.38. The molecule has 0 atom stereocenters. The van der Waals surface area contributed by atoms with E-state index in [2.05, 4.69) is 20.7 Å². The van der Waals surface area contributed by atoms with Crippen LogP contribution in [0.2, 0.25) is 0 Å². The predicted octanol–water partition coefficient (Wildman–Crippen LogP) is 2.98. The molecule has 8 heteroatoms. The normalized spacial score (nSPS) is 11.2. The summed E-state index contributed by atoms with van der Waals surface area (Å²) >= 11 is 2.94. The van der Waals surface area contributed by atoms with Crippen molar-refractivity contribution in [2.24, 2.45) is 0 Å². The minimum Gasteiger partial charge on any atom is -0.495 e. The molecule has 112 valence electrons. The number of anilines is 2. The zero-order valence-electron chi connectivity index (χ0n) is 10.9. The van der Waals surface area contributed by atoms with Gasteiger partial charge < -0.3 is 10.5 Å². The third kappa shape index (κ3) is 3.27. The first-order valence-corrected chi connectivity index (χ1v) is 8.03. The predicted molar refractivity (Wildman–Crippen MR) is 82.3 cm³/mol. The van der Waals surface area contributed by atoms with E-state index in [4.69, 9.17) is 10.5 Å². The molecule has 0 aliphatic heterocycles. The maximum atomic E-state index is 13.3. The van der Waals surface area contributed by atoms with Crippen LogP contribution in [-0.2, 0) is 10.0 Å². The number of ether oxygens (including phenoxy) is 1. The lowest BCUT2D eigenvalue weighted by Crippen LogP contribution is -2.15. The number of para-hydroxylation sites is 2. The summed E-state index contributed by atoms with van der Waals surface area (Å²) in [6, 6.07) is 8.58. The van der Waals surface area contributed by atoms with Crippen molar-refractivity contribution in [1.82, 2.24) is 0 Å². The van der Waals surface area contributed by atoms with Gasteiger partial charge in [-0.25, -0.2) is 12.8 Å². The van der Waals surface area contributed by atoms with Gasteiger partial charge in [-0.1, -0.05) is 12.1 Å². The molecule has 0 bridgehead atoms. The number of nitrogens with one attached hydrogen (secondary N) is 1. The number of hydrogen-bond donors (Lipinski definition) is 2. The quantitative estimate of drug-likeness (QED) is 0.806. The van der Waals surface area contributed by atoms with Crippen molar-refractivity contribution >= 4 is 37.3 Å². The van der Waals surface area contributed by atoms with Crippen LogP contribution in [-0.4, -0.2) is 15.5 Å². The van der Waals surface area contributed by atoms with Crippen molar-refractivity contribution in [2.45, 2.75) is 4.90 Å². The molecule has 0 saturated carbocycles. The summed E-state index contributed by atoms with van der Waals surface area (Å²) in [6.45, 7) is 0. The maximum Gasteiger partial charge on any atom is 0.264 e. The van der Waals surface area contributed by atoms with Gasteiger partial charge in [0.1, 0.15) is 16.5 Å². The third-order valence-corrected chi connectivity index (χ3v) is 4.72. The van der Waals surface area contributed by atoms with E-state index < -0.39 is 15.8 Å². The van der Waals surface area contributed by atoms with Gasteiger partial charge in [0, 0.05) is 0 Å². The van der Waals surface area contributed by atoms with Crippen LogP contribution >= 0.6 is 15.9 Å². The zero-order valence-corrected chi connectivity index (χ0v) is 13.3. The number of methoxy groups -OCH3 is 1. The fraction of sp³-hybridized carbons (Fsp3) is 0.0769. The smallest absolute Gasteiger partial charge is 0.264 e. The lowest BCUT2D eigenvalue weighted by Gasteiger charge is -2.13. The first-order chi connectivity index (χ1) is 9.85. The fourth-order valence-electron chi connectivity index (χ4n) is 1.71. The van der Waals surface area contributed by atoms with Crippen LogP contribution in [0.25, 0.3) is 0 Å². The molecule has 2 aromatic carbocycles. The summed E-state index contributed by atoms with van der Waals surface area (Å²) < 4.78 is 45.5. The molecule has 2 rings (SSSR count). The van der Waals surface area contributed by atoms with Gasteiger partial charge in [0.15, 0.2) is 0 Å². The zero-order chi connectivity index (χ0) is 15.6. The Hall–Kier alpha value is -1.80. The van der Waals surface area contributed by atoms with Gasteiger partial charge in [-0.3, -0.25) is 4.72 Å². The van der Waals surface area contributed by atoms with E-state index in [0.29, 0.717) is 5.75 Å². The monoisotopic (exact) mass is 374 g/mol. The van der Waals surface area contributed by atoms with E-state index in [1.807, 2.05) is 0 Å². The first-order valence-electron chi connectivity index (χ1n) is 5.75. The standard InChI is InChI=1S/C13H12BrFN2O3S/c1-20-12-5-3-2-4-11(12)17-21(18,19)13-6-8(14)9(15)7-10(13)16/h2-7,17H,16H2,1H3. The van der Waals surface area contributed by atoms with Gasteiger partial charge in [-0.05, 0) is 40.2 Å². The molecule has 0 saturated heterocycles. The van der Waals surface area contributed by atoms with E-state index in [0.717, 1.165) is 12.1 Å². The Balaban J connectivity index is 2.46. The Morgan fingerprint density at radius 1 is 1.29 bits per heavy atom. The summed E-state index contributed by atoms with van der Waals surface area (Å²) in [5.74, 6) is -0.274. The molecule has 0 heterocycles. The molecule has 0 amide bonds. The summed E-state index contributed by atoms with van der Waals surface area (Å²) in [5.41, 5.74) is 5.67. The highest BCUT2D eigenvalue weighted by Gasteiger charge is 2.21. The van der Waals surface area contributed by atoms with Crippen molar-refractivity contribution in [1.29, 1.82) is 0 Å². The Labute approximate surface area is 130 Å². The van der Waals surface area contributed by atoms with E-state index in [1.54, 1.807) is 24.3 Å².